The number of hydrogen-bond acceptors (Lipinski definition) is 3. The molecule has 7 heteroatoms. The van der Waals surface area contributed by atoms with Crippen molar-refractivity contribution in [2.75, 3.05) is 10.6 Å². The molecule has 0 aliphatic carbocycles. The zero-order valence-corrected chi connectivity index (χ0v) is 15.3. The molecule has 3 aromatic carbocycles. The lowest BCUT2D eigenvalue weighted by molar-refractivity contribution is 0.262. The van der Waals surface area contributed by atoms with E-state index in [4.69, 9.17) is 11.6 Å². The van der Waals surface area contributed by atoms with Crippen LogP contribution in [0.4, 0.5) is 16.2 Å². The van der Waals surface area contributed by atoms with Crippen LogP contribution in [0.1, 0.15) is 0 Å². The minimum atomic E-state index is -0.369. The van der Waals surface area contributed by atoms with E-state index in [0.717, 1.165) is 11.1 Å². The predicted octanol–water partition coefficient (Wildman–Crippen LogP) is 4.89. The minimum absolute atomic E-state index is 0.176. The summed E-state index contributed by atoms with van der Waals surface area (Å²) >= 11 is 5.93. The van der Waals surface area contributed by atoms with Crippen molar-refractivity contribution in [2.24, 2.45) is 0 Å². The van der Waals surface area contributed by atoms with E-state index in [-0.39, 0.29) is 11.6 Å². The standard InChI is InChI=1S/C21H15ClN4O2/c22-15-4-2-6-17(11-15)26-21(28)25-16-5-1-3-13(9-16)14-7-8-18-19(10-14)23-12-24-20(18)27/h1-12H,(H,23,24,27)(H2,25,26,28). The number of nitrogens with zero attached hydrogens (tertiary/aromatic N) is 1. The van der Waals surface area contributed by atoms with Crippen LogP contribution in [0, 0.1) is 0 Å². The van der Waals surface area contributed by atoms with Gasteiger partial charge in [-0.25, -0.2) is 9.78 Å². The number of aromatic nitrogens is 2. The molecule has 138 valence electrons. The van der Waals surface area contributed by atoms with Gasteiger partial charge in [-0.2, -0.15) is 0 Å². The molecule has 0 atom stereocenters. The van der Waals surface area contributed by atoms with Gasteiger partial charge in [0.25, 0.3) is 5.56 Å². The first-order valence-electron chi connectivity index (χ1n) is 8.50. The number of amides is 2. The Balaban J connectivity index is 1.56. The van der Waals surface area contributed by atoms with Crippen LogP contribution in [0.5, 0.6) is 0 Å². The first-order chi connectivity index (χ1) is 13.6. The molecule has 0 aliphatic heterocycles. The summed E-state index contributed by atoms with van der Waals surface area (Å²) in [6, 6.07) is 19.4. The SMILES string of the molecule is O=C(Nc1cccc(Cl)c1)Nc1cccc(-c2ccc3c(=O)[nH]cnc3c2)c1. The third kappa shape index (κ3) is 3.87. The quantitative estimate of drug-likeness (QED) is 0.465. The van der Waals surface area contributed by atoms with Gasteiger partial charge in [-0.05, 0) is 53.6 Å². The van der Waals surface area contributed by atoms with Crippen molar-refractivity contribution < 1.29 is 4.79 Å². The lowest BCUT2D eigenvalue weighted by Gasteiger charge is -2.10. The van der Waals surface area contributed by atoms with Crippen molar-refractivity contribution in [2.45, 2.75) is 0 Å². The van der Waals surface area contributed by atoms with Gasteiger partial charge in [0.15, 0.2) is 0 Å². The fourth-order valence-corrected chi connectivity index (χ4v) is 3.07. The van der Waals surface area contributed by atoms with Crippen LogP contribution in [-0.4, -0.2) is 16.0 Å². The van der Waals surface area contributed by atoms with Crippen LogP contribution in [0.2, 0.25) is 5.02 Å². The summed E-state index contributed by atoms with van der Waals surface area (Å²) in [4.78, 5) is 30.8. The highest BCUT2D eigenvalue weighted by Crippen LogP contribution is 2.25. The van der Waals surface area contributed by atoms with E-state index >= 15 is 0 Å². The maximum atomic E-state index is 12.2. The molecule has 0 aliphatic rings. The Morgan fingerprint density at radius 3 is 2.39 bits per heavy atom. The van der Waals surface area contributed by atoms with Gasteiger partial charge in [-0.1, -0.05) is 35.9 Å². The smallest absolute Gasteiger partial charge is 0.313 e. The van der Waals surface area contributed by atoms with E-state index in [9.17, 15) is 9.59 Å². The second kappa shape index (κ2) is 7.54. The van der Waals surface area contributed by atoms with Gasteiger partial charge >= 0.3 is 6.03 Å². The number of anilines is 2. The highest BCUT2D eigenvalue weighted by Gasteiger charge is 2.07. The Labute approximate surface area is 165 Å². The Bertz CT molecular complexity index is 1240. The molecule has 0 saturated carbocycles. The third-order valence-corrected chi connectivity index (χ3v) is 4.41. The van der Waals surface area contributed by atoms with Gasteiger partial charge in [-0.3, -0.25) is 4.79 Å². The summed E-state index contributed by atoms with van der Waals surface area (Å²) in [5, 5.41) is 6.61. The zero-order chi connectivity index (χ0) is 19.5. The Hall–Kier alpha value is -3.64. The van der Waals surface area contributed by atoms with Crippen molar-refractivity contribution >= 4 is 39.9 Å². The molecule has 2 amide bonds. The highest BCUT2D eigenvalue weighted by molar-refractivity contribution is 6.30. The van der Waals surface area contributed by atoms with Crippen molar-refractivity contribution in [3.05, 3.63) is 88.4 Å². The van der Waals surface area contributed by atoms with Crippen molar-refractivity contribution in [3.8, 4) is 11.1 Å². The van der Waals surface area contributed by atoms with Gasteiger partial charge < -0.3 is 15.6 Å². The highest BCUT2D eigenvalue weighted by atomic mass is 35.5. The monoisotopic (exact) mass is 390 g/mol. The van der Waals surface area contributed by atoms with E-state index in [0.29, 0.717) is 27.3 Å². The van der Waals surface area contributed by atoms with Crippen LogP contribution in [0.15, 0.2) is 77.9 Å². The lowest BCUT2D eigenvalue weighted by Crippen LogP contribution is -2.19. The number of benzene rings is 3. The van der Waals surface area contributed by atoms with Gasteiger partial charge in [0.05, 0.1) is 17.2 Å². The average molecular weight is 391 g/mol. The third-order valence-electron chi connectivity index (χ3n) is 4.18. The largest absolute Gasteiger partial charge is 0.323 e. The van der Waals surface area contributed by atoms with Crippen molar-refractivity contribution in [1.29, 1.82) is 0 Å². The number of hydrogen-bond donors (Lipinski definition) is 3. The summed E-state index contributed by atoms with van der Waals surface area (Å²) in [6.45, 7) is 0. The summed E-state index contributed by atoms with van der Waals surface area (Å²) in [7, 11) is 0. The van der Waals surface area contributed by atoms with Crippen LogP contribution in [0.3, 0.4) is 0 Å². The maximum Gasteiger partial charge on any atom is 0.323 e. The normalized spacial score (nSPS) is 10.6. The van der Waals surface area contributed by atoms with E-state index in [1.165, 1.54) is 6.33 Å². The van der Waals surface area contributed by atoms with Crippen LogP contribution >= 0.6 is 11.6 Å². The Morgan fingerprint density at radius 1 is 0.893 bits per heavy atom. The zero-order valence-electron chi connectivity index (χ0n) is 14.6. The van der Waals surface area contributed by atoms with Crippen molar-refractivity contribution in [3.63, 3.8) is 0 Å². The minimum Gasteiger partial charge on any atom is -0.313 e. The number of fused-ring (bicyclic) bond motifs is 1. The number of H-pyrrole nitrogens is 1. The summed E-state index contributed by atoms with van der Waals surface area (Å²) < 4.78 is 0. The van der Waals surface area contributed by atoms with Crippen LogP contribution in [0.25, 0.3) is 22.0 Å². The van der Waals surface area contributed by atoms with Gasteiger partial charge in [0.1, 0.15) is 0 Å². The molecule has 28 heavy (non-hydrogen) atoms. The van der Waals surface area contributed by atoms with Gasteiger partial charge in [-0.15, -0.1) is 0 Å². The number of aromatic amines is 1. The topological polar surface area (TPSA) is 86.9 Å². The van der Waals surface area contributed by atoms with Crippen LogP contribution in [-0.2, 0) is 0 Å². The second-order valence-electron chi connectivity index (χ2n) is 6.13. The number of rotatable bonds is 3. The van der Waals surface area contributed by atoms with Gasteiger partial charge in [0, 0.05) is 16.4 Å². The molecule has 0 radical (unpaired) electrons. The lowest BCUT2D eigenvalue weighted by atomic mass is 10.0. The number of halogens is 1. The Kier molecular flexibility index (Phi) is 4.78. The fraction of sp³-hybridized carbons (Fsp3) is 0. The molecule has 4 rings (SSSR count). The summed E-state index contributed by atoms with van der Waals surface area (Å²) in [5.41, 5.74) is 3.46. The van der Waals surface area contributed by atoms with E-state index < -0.39 is 0 Å². The van der Waals surface area contributed by atoms with Gasteiger partial charge in [0.2, 0.25) is 0 Å². The molecule has 1 heterocycles. The summed E-state index contributed by atoms with van der Waals surface area (Å²) in [6.07, 6.45) is 1.38. The molecule has 1 aromatic heterocycles. The molecule has 4 aromatic rings. The maximum absolute atomic E-state index is 12.2. The molecule has 0 saturated heterocycles. The Morgan fingerprint density at radius 2 is 1.61 bits per heavy atom. The predicted molar refractivity (Wildman–Crippen MR) is 112 cm³/mol. The van der Waals surface area contributed by atoms with E-state index in [1.807, 2.05) is 30.3 Å². The molecular weight excluding hydrogens is 376 g/mol. The number of carbonyl (C=O) groups is 1. The second-order valence-corrected chi connectivity index (χ2v) is 6.57. The average Bonchev–Trinajstić information content (AvgIpc) is 2.68. The van der Waals surface area contributed by atoms with Crippen molar-refractivity contribution in [1.82, 2.24) is 9.97 Å². The fourth-order valence-electron chi connectivity index (χ4n) is 2.88. The van der Waals surface area contributed by atoms with E-state index in [1.54, 1.807) is 36.4 Å². The number of nitrogens with one attached hydrogen (secondary N) is 3. The molecule has 0 spiro atoms. The molecule has 6 nitrogen and oxygen atoms in total. The number of urea groups is 1. The molecular formula is C21H15ClN4O2. The molecule has 3 N–H and O–H groups in total. The first-order valence-corrected chi connectivity index (χ1v) is 8.88. The first kappa shape index (κ1) is 17.8. The molecule has 0 bridgehead atoms. The molecule has 0 fully saturated rings. The number of carbonyl (C=O) groups excluding carboxylic acids is 1. The van der Waals surface area contributed by atoms with E-state index in [2.05, 4.69) is 20.6 Å². The molecule has 0 unspecified atom stereocenters. The van der Waals surface area contributed by atoms with Crippen LogP contribution < -0.4 is 16.2 Å². The summed E-state index contributed by atoms with van der Waals surface area (Å²) in [5.74, 6) is 0.